The average Bonchev–Trinajstić information content (AvgIpc) is 2.85. The first-order valence-corrected chi connectivity index (χ1v) is 8.45. The maximum atomic E-state index is 12.9. The fraction of sp³-hybridized carbons (Fsp3) is 0.706. The molecule has 2 aliphatic heterocycles. The fourth-order valence-electron chi connectivity index (χ4n) is 5.18. The van der Waals surface area contributed by atoms with E-state index in [-0.39, 0.29) is 23.3 Å². The van der Waals surface area contributed by atoms with Crippen LogP contribution in [0, 0.1) is 11.3 Å². The van der Waals surface area contributed by atoms with Gasteiger partial charge < -0.3 is 10.0 Å². The van der Waals surface area contributed by atoms with E-state index in [2.05, 4.69) is 28.8 Å². The Morgan fingerprint density at radius 2 is 2.04 bits per heavy atom. The summed E-state index contributed by atoms with van der Waals surface area (Å²) in [5.74, 6) is 0.141. The average molecular weight is 316 g/mol. The molecule has 3 aliphatic rings. The Bertz CT molecular complexity index is 608. The Hall–Kier alpha value is -1.53. The second-order valence-electron chi connectivity index (χ2n) is 7.66. The number of likely N-dealkylation sites (N-methyl/N-ethyl adjacent to an activating group) is 1. The van der Waals surface area contributed by atoms with Crippen LogP contribution < -0.4 is 0 Å². The van der Waals surface area contributed by atoms with E-state index < -0.39 is 0 Å². The summed E-state index contributed by atoms with van der Waals surface area (Å²) >= 11 is 0. The summed E-state index contributed by atoms with van der Waals surface area (Å²) < 4.78 is 0. The van der Waals surface area contributed by atoms with E-state index in [9.17, 15) is 9.90 Å². The van der Waals surface area contributed by atoms with Crippen molar-refractivity contribution in [3.8, 4) is 0 Å². The van der Waals surface area contributed by atoms with Gasteiger partial charge in [0.1, 0.15) is 6.33 Å². The highest BCUT2D eigenvalue weighted by molar-refractivity contribution is 5.93. The second-order valence-corrected chi connectivity index (χ2v) is 7.66. The number of fused-ring (bicyclic) bond motifs is 2. The number of amides is 1. The van der Waals surface area contributed by atoms with Crippen LogP contribution >= 0.6 is 0 Å². The Morgan fingerprint density at radius 3 is 2.78 bits per heavy atom. The van der Waals surface area contributed by atoms with Crippen molar-refractivity contribution in [1.29, 1.82) is 0 Å². The highest BCUT2D eigenvalue weighted by Crippen LogP contribution is 2.52. The number of hydrogen-bond acceptors (Lipinski definition) is 5. The van der Waals surface area contributed by atoms with Crippen molar-refractivity contribution in [3.05, 3.63) is 24.3 Å². The van der Waals surface area contributed by atoms with E-state index in [1.165, 1.54) is 6.33 Å². The van der Waals surface area contributed by atoms with Crippen LogP contribution in [0.25, 0.3) is 0 Å². The first kappa shape index (κ1) is 15.0. The molecule has 0 radical (unpaired) electrons. The summed E-state index contributed by atoms with van der Waals surface area (Å²) in [5.41, 5.74) is 0.494. The molecule has 1 aliphatic carbocycles. The van der Waals surface area contributed by atoms with Gasteiger partial charge >= 0.3 is 0 Å². The first-order chi connectivity index (χ1) is 11.0. The smallest absolute Gasteiger partial charge is 0.257 e. The lowest BCUT2D eigenvalue weighted by atomic mass is 9.64. The summed E-state index contributed by atoms with van der Waals surface area (Å²) in [4.78, 5) is 25.1. The van der Waals surface area contributed by atoms with Gasteiger partial charge in [-0.05, 0) is 26.3 Å². The van der Waals surface area contributed by atoms with Crippen molar-refractivity contribution in [1.82, 2.24) is 19.8 Å². The minimum Gasteiger partial charge on any atom is -0.392 e. The van der Waals surface area contributed by atoms with Gasteiger partial charge in [-0.1, -0.05) is 6.92 Å². The van der Waals surface area contributed by atoms with Gasteiger partial charge in [-0.15, -0.1) is 0 Å². The van der Waals surface area contributed by atoms with E-state index in [1.54, 1.807) is 12.4 Å². The van der Waals surface area contributed by atoms with Gasteiger partial charge in [0.05, 0.1) is 11.7 Å². The summed E-state index contributed by atoms with van der Waals surface area (Å²) in [6.07, 6.45) is 7.30. The van der Waals surface area contributed by atoms with E-state index >= 15 is 0 Å². The van der Waals surface area contributed by atoms with Crippen molar-refractivity contribution in [2.24, 2.45) is 11.3 Å². The third kappa shape index (κ3) is 2.19. The second kappa shape index (κ2) is 5.24. The molecular formula is C17H24N4O2. The molecule has 1 N–H and O–H groups in total. The topological polar surface area (TPSA) is 69.6 Å². The van der Waals surface area contributed by atoms with Crippen LogP contribution in [-0.4, -0.2) is 69.1 Å². The number of aliphatic hydroxyl groups excluding tert-OH is 1. The lowest BCUT2D eigenvalue weighted by Gasteiger charge is -2.47. The van der Waals surface area contributed by atoms with Crippen molar-refractivity contribution in [2.75, 3.05) is 20.1 Å². The molecule has 2 saturated heterocycles. The number of carbonyl (C=O) groups excluding carboxylic acids is 1. The number of likely N-dealkylation sites (tertiary alicyclic amines) is 2. The zero-order valence-electron chi connectivity index (χ0n) is 13.7. The number of aromatic nitrogens is 2. The van der Waals surface area contributed by atoms with Gasteiger partial charge in [0.2, 0.25) is 0 Å². The molecule has 3 fully saturated rings. The molecule has 1 aromatic heterocycles. The Balaban J connectivity index is 1.66. The van der Waals surface area contributed by atoms with Crippen LogP contribution in [0.1, 0.15) is 36.5 Å². The minimum atomic E-state index is -0.337. The van der Waals surface area contributed by atoms with Gasteiger partial charge in [-0.2, -0.15) is 0 Å². The molecule has 0 spiro atoms. The predicted molar refractivity (Wildman–Crippen MR) is 84.7 cm³/mol. The highest BCUT2D eigenvalue weighted by atomic mass is 16.3. The Morgan fingerprint density at radius 1 is 1.30 bits per heavy atom. The molecule has 4 rings (SSSR count). The SMILES string of the molecule is CN1[C@@H]2CN(C(=O)c3cncnc3)C[C@@H]3CC[C@H]1[C@](C)(C2)[C@@H]3O. The Kier molecular flexibility index (Phi) is 3.43. The van der Waals surface area contributed by atoms with Gasteiger partial charge in [0, 0.05) is 48.9 Å². The molecule has 0 aromatic carbocycles. The van der Waals surface area contributed by atoms with Gasteiger partial charge in [0.25, 0.3) is 5.91 Å². The monoisotopic (exact) mass is 316 g/mol. The van der Waals surface area contributed by atoms with Crippen LogP contribution in [0.3, 0.4) is 0 Å². The molecule has 1 aromatic rings. The molecule has 0 unspecified atom stereocenters. The lowest BCUT2D eigenvalue weighted by Crippen LogP contribution is -2.53. The number of aliphatic hydroxyl groups is 1. The fourth-order valence-corrected chi connectivity index (χ4v) is 5.18. The number of hydrogen-bond donors (Lipinski definition) is 1. The van der Waals surface area contributed by atoms with Crippen molar-refractivity contribution in [3.63, 3.8) is 0 Å². The van der Waals surface area contributed by atoms with Crippen molar-refractivity contribution >= 4 is 5.91 Å². The Labute approximate surface area is 136 Å². The van der Waals surface area contributed by atoms with E-state index in [0.29, 0.717) is 24.2 Å². The number of nitrogens with zero attached hydrogens (tertiary/aromatic N) is 4. The molecule has 124 valence electrons. The molecule has 3 bridgehead atoms. The zero-order valence-corrected chi connectivity index (χ0v) is 13.7. The quantitative estimate of drug-likeness (QED) is 0.829. The lowest BCUT2D eigenvalue weighted by molar-refractivity contribution is -0.0661. The third-order valence-corrected chi connectivity index (χ3v) is 6.42. The largest absolute Gasteiger partial charge is 0.392 e. The van der Waals surface area contributed by atoms with E-state index in [1.807, 2.05) is 4.90 Å². The highest BCUT2D eigenvalue weighted by Gasteiger charge is 2.57. The predicted octanol–water partition coefficient (Wildman–Crippen LogP) is 0.782. The maximum Gasteiger partial charge on any atom is 0.257 e. The molecular weight excluding hydrogens is 292 g/mol. The van der Waals surface area contributed by atoms with Crippen LogP contribution in [0.4, 0.5) is 0 Å². The zero-order chi connectivity index (χ0) is 16.2. The molecule has 3 heterocycles. The van der Waals surface area contributed by atoms with Gasteiger partial charge in [-0.25, -0.2) is 9.97 Å². The number of carbonyl (C=O) groups is 1. The standard InChI is InChI=1S/C17H24N4O2/c1-17-5-13-9-21(16(23)12-6-18-10-19-7-12)8-11(15(17)22)3-4-14(17)20(13)2/h6-7,10-11,13-15,22H,3-5,8-9H2,1-2H3/t11-,13-,14-,15+,17-/m0/s1. The summed E-state index contributed by atoms with van der Waals surface area (Å²) in [6.45, 7) is 3.58. The molecule has 23 heavy (non-hydrogen) atoms. The van der Waals surface area contributed by atoms with Crippen LogP contribution in [0.15, 0.2) is 18.7 Å². The minimum absolute atomic E-state index is 0.0230. The van der Waals surface area contributed by atoms with Crippen LogP contribution in [0.5, 0.6) is 0 Å². The first-order valence-electron chi connectivity index (χ1n) is 8.45. The van der Waals surface area contributed by atoms with Crippen LogP contribution in [-0.2, 0) is 0 Å². The van der Waals surface area contributed by atoms with E-state index in [0.717, 1.165) is 25.8 Å². The number of rotatable bonds is 1. The van der Waals surface area contributed by atoms with Crippen molar-refractivity contribution in [2.45, 2.75) is 44.4 Å². The van der Waals surface area contributed by atoms with Gasteiger partial charge in [0.15, 0.2) is 0 Å². The molecule has 6 heteroatoms. The molecule has 5 atom stereocenters. The molecule has 6 nitrogen and oxygen atoms in total. The third-order valence-electron chi connectivity index (χ3n) is 6.42. The van der Waals surface area contributed by atoms with Crippen LogP contribution in [0.2, 0.25) is 0 Å². The normalized spacial score (nSPS) is 40.0. The molecule has 1 amide bonds. The summed E-state index contributed by atoms with van der Waals surface area (Å²) in [7, 11) is 2.15. The maximum absolute atomic E-state index is 12.9. The molecule has 1 saturated carbocycles. The summed E-state index contributed by atoms with van der Waals surface area (Å²) in [6, 6.07) is 0.737. The van der Waals surface area contributed by atoms with E-state index in [4.69, 9.17) is 0 Å². The summed E-state index contributed by atoms with van der Waals surface area (Å²) in [5, 5.41) is 10.9. The van der Waals surface area contributed by atoms with Gasteiger partial charge in [-0.3, -0.25) is 9.69 Å². The van der Waals surface area contributed by atoms with Crippen molar-refractivity contribution < 1.29 is 9.90 Å².